The molecule has 2 aliphatic heterocycles. The van der Waals surface area contributed by atoms with E-state index in [1.165, 1.54) is 6.42 Å². The summed E-state index contributed by atoms with van der Waals surface area (Å²) < 4.78 is 16.8. The zero-order chi connectivity index (χ0) is 21.1. The minimum atomic E-state index is 0.133. The van der Waals surface area contributed by atoms with Crippen LogP contribution in [0.1, 0.15) is 47.7 Å². The highest BCUT2D eigenvalue weighted by molar-refractivity contribution is 5.95. The molecule has 1 saturated heterocycles. The molecular formula is C24H30N2O4. The summed E-state index contributed by atoms with van der Waals surface area (Å²) in [6, 6.07) is 10.2. The predicted octanol–water partition coefficient (Wildman–Crippen LogP) is 4.40. The molecule has 160 valence electrons. The maximum atomic E-state index is 12.9. The fourth-order valence-corrected chi connectivity index (χ4v) is 4.19. The van der Waals surface area contributed by atoms with Crippen LogP contribution in [0.3, 0.4) is 0 Å². The Labute approximate surface area is 178 Å². The van der Waals surface area contributed by atoms with Crippen LogP contribution in [0.4, 0.5) is 5.69 Å². The summed E-state index contributed by atoms with van der Waals surface area (Å²) in [6.45, 7) is 6.71. The van der Waals surface area contributed by atoms with Gasteiger partial charge in [-0.25, -0.2) is 0 Å². The third kappa shape index (κ3) is 4.18. The van der Waals surface area contributed by atoms with Crippen molar-refractivity contribution in [1.82, 2.24) is 4.90 Å². The van der Waals surface area contributed by atoms with Crippen molar-refractivity contribution in [2.45, 2.75) is 45.7 Å². The van der Waals surface area contributed by atoms with Gasteiger partial charge in [0.05, 0.1) is 7.11 Å². The topological polar surface area (TPSA) is 60.0 Å². The lowest BCUT2D eigenvalue weighted by molar-refractivity contribution is 0.0635. The van der Waals surface area contributed by atoms with Gasteiger partial charge in [0, 0.05) is 30.4 Å². The monoisotopic (exact) mass is 410 g/mol. The summed E-state index contributed by atoms with van der Waals surface area (Å²) in [4.78, 5) is 14.9. The van der Waals surface area contributed by atoms with Crippen LogP contribution in [0, 0.1) is 6.92 Å². The maximum absolute atomic E-state index is 12.9. The van der Waals surface area contributed by atoms with Gasteiger partial charge in [-0.05, 0) is 74.6 Å². The number of anilines is 1. The number of carbonyl (C=O) groups excluding carboxylic acids is 1. The Balaban J connectivity index is 1.46. The molecular weight excluding hydrogens is 380 g/mol. The molecule has 1 fully saturated rings. The first kappa shape index (κ1) is 20.4. The first-order chi connectivity index (χ1) is 14.6. The molecule has 6 heteroatoms. The van der Waals surface area contributed by atoms with Gasteiger partial charge in [-0.1, -0.05) is 0 Å². The minimum absolute atomic E-state index is 0.133. The van der Waals surface area contributed by atoms with E-state index in [0.717, 1.165) is 41.8 Å². The Kier molecular flexibility index (Phi) is 6.02. The highest BCUT2D eigenvalue weighted by Crippen LogP contribution is 2.40. The average Bonchev–Trinajstić information content (AvgIpc) is 2.77. The van der Waals surface area contributed by atoms with Crippen molar-refractivity contribution in [3.63, 3.8) is 0 Å². The van der Waals surface area contributed by atoms with Gasteiger partial charge in [-0.2, -0.15) is 0 Å². The first-order valence-electron chi connectivity index (χ1n) is 10.7. The van der Waals surface area contributed by atoms with E-state index in [-0.39, 0.29) is 5.91 Å². The Bertz CT molecular complexity index is 910. The van der Waals surface area contributed by atoms with Crippen molar-refractivity contribution in [2.24, 2.45) is 0 Å². The molecule has 0 spiro atoms. The lowest BCUT2D eigenvalue weighted by Crippen LogP contribution is -2.42. The van der Waals surface area contributed by atoms with E-state index < -0.39 is 0 Å². The molecule has 0 bridgehead atoms. The molecule has 0 radical (unpaired) electrons. The molecule has 0 unspecified atom stereocenters. The number of amides is 1. The number of ether oxygens (including phenoxy) is 3. The van der Waals surface area contributed by atoms with Crippen molar-refractivity contribution in [3.8, 4) is 17.2 Å². The molecule has 1 N–H and O–H groups in total. The summed E-state index contributed by atoms with van der Waals surface area (Å²) in [5.74, 6) is 2.19. The molecule has 1 atom stereocenters. The number of piperidine rings is 1. The molecule has 30 heavy (non-hydrogen) atoms. The van der Waals surface area contributed by atoms with Crippen LogP contribution in [0.15, 0.2) is 30.3 Å². The van der Waals surface area contributed by atoms with Gasteiger partial charge in [0.25, 0.3) is 5.91 Å². The molecule has 0 aromatic heterocycles. The van der Waals surface area contributed by atoms with Crippen LogP contribution in [0.2, 0.25) is 0 Å². The standard InChI is InChI=1S/C24H30N2O4/c1-16-12-19(24(27)26-9-5-4-6-17(26)2)7-8-20(16)25-15-18-13-21(28-3)23-22(14-18)29-10-11-30-23/h7-8,12-14,17,25H,4-6,9-11,15H2,1-3H3/t17-/m0/s1. The Morgan fingerprint density at radius 2 is 2.03 bits per heavy atom. The number of aryl methyl sites for hydroxylation is 1. The zero-order valence-corrected chi connectivity index (χ0v) is 18.0. The Morgan fingerprint density at radius 3 is 2.80 bits per heavy atom. The van der Waals surface area contributed by atoms with Gasteiger partial charge in [0.1, 0.15) is 13.2 Å². The Hall–Kier alpha value is -2.89. The van der Waals surface area contributed by atoms with E-state index in [2.05, 4.69) is 12.2 Å². The van der Waals surface area contributed by atoms with E-state index in [9.17, 15) is 4.79 Å². The largest absolute Gasteiger partial charge is 0.493 e. The van der Waals surface area contributed by atoms with Gasteiger partial charge in [-0.15, -0.1) is 0 Å². The molecule has 6 nitrogen and oxygen atoms in total. The number of methoxy groups -OCH3 is 1. The number of nitrogens with one attached hydrogen (secondary N) is 1. The van der Waals surface area contributed by atoms with Gasteiger partial charge in [0.2, 0.25) is 5.75 Å². The third-order valence-corrected chi connectivity index (χ3v) is 5.91. The van der Waals surface area contributed by atoms with Crippen molar-refractivity contribution in [3.05, 3.63) is 47.0 Å². The number of likely N-dealkylation sites (tertiary alicyclic amines) is 1. The van der Waals surface area contributed by atoms with Gasteiger partial charge < -0.3 is 24.4 Å². The number of hydrogen-bond acceptors (Lipinski definition) is 5. The van der Waals surface area contributed by atoms with Crippen LogP contribution in [-0.4, -0.2) is 43.7 Å². The molecule has 2 aliphatic rings. The number of benzene rings is 2. The lowest BCUT2D eigenvalue weighted by Gasteiger charge is -2.33. The number of rotatable bonds is 5. The van der Waals surface area contributed by atoms with E-state index in [4.69, 9.17) is 14.2 Å². The van der Waals surface area contributed by atoms with Gasteiger partial charge in [-0.3, -0.25) is 4.79 Å². The SMILES string of the molecule is COc1cc(CNc2ccc(C(=O)N3CCCC[C@@H]3C)cc2C)cc2c1OCCO2. The van der Waals surface area contributed by atoms with Crippen LogP contribution < -0.4 is 19.5 Å². The smallest absolute Gasteiger partial charge is 0.254 e. The van der Waals surface area contributed by atoms with Crippen LogP contribution in [0.5, 0.6) is 17.2 Å². The zero-order valence-electron chi connectivity index (χ0n) is 18.0. The predicted molar refractivity (Wildman–Crippen MR) is 117 cm³/mol. The van der Waals surface area contributed by atoms with E-state index in [1.807, 2.05) is 42.2 Å². The van der Waals surface area contributed by atoms with Crippen LogP contribution in [0.25, 0.3) is 0 Å². The highest BCUT2D eigenvalue weighted by atomic mass is 16.6. The summed E-state index contributed by atoms with van der Waals surface area (Å²) in [5, 5.41) is 3.46. The van der Waals surface area contributed by atoms with Crippen LogP contribution >= 0.6 is 0 Å². The molecule has 0 saturated carbocycles. The first-order valence-corrected chi connectivity index (χ1v) is 10.7. The summed E-state index contributed by atoms with van der Waals surface area (Å²) >= 11 is 0. The van der Waals surface area contributed by atoms with Crippen molar-refractivity contribution < 1.29 is 19.0 Å². The van der Waals surface area contributed by atoms with Crippen molar-refractivity contribution in [1.29, 1.82) is 0 Å². The van der Waals surface area contributed by atoms with E-state index in [0.29, 0.717) is 43.0 Å². The molecule has 1 amide bonds. The second-order valence-corrected chi connectivity index (χ2v) is 8.05. The Morgan fingerprint density at radius 1 is 1.20 bits per heavy atom. The normalized spacial score (nSPS) is 18.1. The number of nitrogens with zero attached hydrogens (tertiary/aromatic N) is 1. The summed E-state index contributed by atoms with van der Waals surface area (Å²) in [5.41, 5.74) is 3.85. The fourth-order valence-electron chi connectivity index (χ4n) is 4.19. The second-order valence-electron chi connectivity index (χ2n) is 8.05. The van der Waals surface area contributed by atoms with Crippen molar-refractivity contribution in [2.75, 3.05) is 32.2 Å². The van der Waals surface area contributed by atoms with E-state index in [1.54, 1.807) is 7.11 Å². The number of carbonyl (C=O) groups is 1. The number of fused-ring (bicyclic) bond motifs is 1. The van der Waals surface area contributed by atoms with E-state index >= 15 is 0 Å². The lowest BCUT2D eigenvalue weighted by atomic mass is 10.0. The van der Waals surface area contributed by atoms with Gasteiger partial charge in [0.15, 0.2) is 11.5 Å². The second kappa shape index (κ2) is 8.86. The highest BCUT2D eigenvalue weighted by Gasteiger charge is 2.24. The fraction of sp³-hybridized carbons (Fsp3) is 0.458. The van der Waals surface area contributed by atoms with Gasteiger partial charge >= 0.3 is 0 Å². The minimum Gasteiger partial charge on any atom is -0.493 e. The average molecular weight is 411 g/mol. The molecule has 4 rings (SSSR count). The molecule has 2 aromatic carbocycles. The molecule has 2 aromatic rings. The van der Waals surface area contributed by atoms with Crippen molar-refractivity contribution >= 4 is 11.6 Å². The third-order valence-electron chi connectivity index (χ3n) is 5.91. The summed E-state index contributed by atoms with van der Waals surface area (Å²) in [6.07, 6.45) is 3.38. The quantitative estimate of drug-likeness (QED) is 0.792. The van der Waals surface area contributed by atoms with Crippen LogP contribution in [-0.2, 0) is 6.54 Å². The number of hydrogen-bond donors (Lipinski definition) is 1. The molecule has 2 heterocycles. The maximum Gasteiger partial charge on any atom is 0.254 e. The summed E-state index contributed by atoms with van der Waals surface area (Å²) in [7, 11) is 1.63. The molecule has 0 aliphatic carbocycles.